The number of hydrogen-bond donors (Lipinski definition) is 2. The number of nitrogens with one attached hydrogen (secondary N) is 2. The highest BCUT2D eigenvalue weighted by atomic mass is 32.2. The Balaban J connectivity index is 1.47. The third kappa shape index (κ3) is 8.59. The monoisotopic (exact) mass is 579 g/mol. The molecule has 0 atom stereocenters. The second-order valence-electron chi connectivity index (χ2n) is 9.52. The quantitative estimate of drug-likeness (QED) is 0.113. The Morgan fingerprint density at radius 1 is 0.833 bits per heavy atom. The summed E-state index contributed by atoms with van der Waals surface area (Å²) in [4.78, 5) is 41.9. The molecule has 4 aromatic rings. The predicted octanol–water partition coefficient (Wildman–Crippen LogP) is 6.54. The van der Waals surface area contributed by atoms with Gasteiger partial charge in [0.05, 0.1) is 12.4 Å². The smallest absolute Gasteiger partial charge is 0.272 e. The molecule has 0 radical (unpaired) electrons. The van der Waals surface area contributed by atoms with E-state index in [0.717, 1.165) is 21.9 Å². The fourth-order valence-corrected chi connectivity index (χ4v) is 4.83. The summed E-state index contributed by atoms with van der Waals surface area (Å²) in [5.74, 6) is 0.102. The molecule has 0 aromatic heterocycles. The topological polar surface area (TPSA) is 87.7 Å². The van der Waals surface area contributed by atoms with Gasteiger partial charge in [0.1, 0.15) is 11.4 Å². The van der Waals surface area contributed by atoms with Gasteiger partial charge in [0.2, 0.25) is 0 Å². The van der Waals surface area contributed by atoms with Gasteiger partial charge in [-0.25, -0.2) is 0 Å². The molecule has 0 spiro atoms. The van der Waals surface area contributed by atoms with Crippen LogP contribution in [0.2, 0.25) is 0 Å². The first-order chi connectivity index (χ1) is 20.3. The van der Waals surface area contributed by atoms with E-state index in [4.69, 9.17) is 4.74 Å². The minimum absolute atomic E-state index is 0.00776. The SMILES string of the molecule is CCOc1ccc(C(=O)CSc2cccc(NC(=O)/C(=C/c3ccc(N(C)C)cc3)NC(=O)c3ccccc3)c2)cc1. The zero-order valence-corrected chi connectivity index (χ0v) is 24.6. The standard InChI is InChI=1S/C34H33N3O4S/c1-4-41-29-19-15-25(16-20-29)32(38)23-42-30-12-8-11-27(22-30)35-34(40)31(36-33(39)26-9-6-5-7-10-26)21-24-13-17-28(18-14-24)37(2)3/h5-22H,4,23H2,1-3H3,(H,35,40)(H,36,39)/b31-21-. The van der Waals surface area contributed by atoms with E-state index in [1.165, 1.54) is 11.8 Å². The maximum Gasteiger partial charge on any atom is 0.272 e. The van der Waals surface area contributed by atoms with Crippen molar-refractivity contribution >= 4 is 46.8 Å². The molecule has 8 heteroatoms. The summed E-state index contributed by atoms with van der Waals surface area (Å²) >= 11 is 1.38. The van der Waals surface area contributed by atoms with Crippen LogP contribution in [0, 0.1) is 0 Å². The molecular formula is C34H33N3O4S. The Labute approximate surface area is 250 Å². The number of ether oxygens (including phenoxy) is 1. The van der Waals surface area contributed by atoms with Crippen LogP contribution in [-0.2, 0) is 4.79 Å². The first-order valence-corrected chi connectivity index (χ1v) is 14.5. The van der Waals surface area contributed by atoms with Gasteiger partial charge in [-0.05, 0) is 85.3 Å². The van der Waals surface area contributed by atoms with Crippen LogP contribution in [-0.4, -0.2) is 44.1 Å². The van der Waals surface area contributed by atoms with Crippen LogP contribution in [0.5, 0.6) is 5.75 Å². The summed E-state index contributed by atoms with van der Waals surface area (Å²) in [6.45, 7) is 2.48. The second-order valence-corrected chi connectivity index (χ2v) is 10.6. The van der Waals surface area contributed by atoms with Gasteiger partial charge in [0.15, 0.2) is 5.78 Å². The number of rotatable bonds is 12. The molecule has 0 aliphatic heterocycles. The molecule has 0 bridgehead atoms. The maximum atomic E-state index is 13.4. The number of thioether (sulfide) groups is 1. The number of benzene rings is 4. The normalized spacial score (nSPS) is 11.0. The molecule has 0 heterocycles. The van der Waals surface area contributed by atoms with Crippen LogP contribution in [0.15, 0.2) is 114 Å². The largest absolute Gasteiger partial charge is 0.494 e. The van der Waals surface area contributed by atoms with Crippen molar-refractivity contribution in [3.05, 3.63) is 126 Å². The molecule has 0 saturated heterocycles. The van der Waals surface area contributed by atoms with Gasteiger partial charge in [-0.3, -0.25) is 14.4 Å². The van der Waals surface area contributed by atoms with Crippen LogP contribution >= 0.6 is 11.8 Å². The second kappa shape index (κ2) is 14.7. The summed E-state index contributed by atoms with van der Waals surface area (Å²) in [5, 5.41) is 5.65. The number of nitrogens with zero attached hydrogens (tertiary/aromatic N) is 1. The molecule has 2 amide bonds. The van der Waals surface area contributed by atoms with Gasteiger partial charge < -0.3 is 20.3 Å². The lowest BCUT2D eigenvalue weighted by molar-refractivity contribution is -0.113. The third-order valence-corrected chi connectivity index (χ3v) is 7.19. The number of carbonyl (C=O) groups is 3. The molecule has 0 aliphatic carbocycles. The Bertz CT molecular complexity index is 1550. The lowest BCUT2D eigenvalue weighted by Gasteiger charge is -2.14. The maximum absolute atomic E-state index is 13.4. The van der Waals surface area contributed by atoms with E-state index in [2.05, 4.69) is 10.6 Å². The summed E-state index contributed by atoms with van der Waals surface area (Å²) in [6, 6.07) is 30.7. The van der Waals surface area contributed by atoms with Crippen LogP contribution in [0.4, 0.5) is 11.4 Å². The molecule has 0 saturated carbocycles. The van der Waals surface area contributed by atoms with E-state index < -0.39 is 5.91 Å². The fraction of sp³-hybridized carbons (Fsp3) is 0.147. The van der Waals surface area contributed by atoms with Gasteiger partial charge in [-0.1, -0.05) is 36.4 Å². The number of anilines is 2. The number of amides is 2. The summed E-state index contributed by atoms with van der Waals surface area (Å²) < 4.78 is 5.44. The molecule has 4 rings (SSSR count). The van der Waals surface area contributed by atoms with Gasteiger partial charge in [0, 0.05) is 41.5 Å². The Kier molecular flexibility index (Phi) is 10.6. The van der Waals surface area contributed by atoms with Gasteiger partial charge >= 0.3 is 0 Å². The molecule has 0 aliphatic rings. The number of hydrogen-bond acceptors (Lipinski definition) is 6. The lowest BCUT2D eigenvalue weighted by Crippen LogP contribution is -2.30. The first-order valence-electron chi connectivity index (χ1n) is 13.5. The van der Waals surface area contributed by atoms with Crippen LogP contribution < -0.4 is 20.3 Å². The van der Waals surface area contributed by atoms with E-state index in [1.807, 2.05) is 68.4 Å². The molecule has 2 N–H and O–H groups in total. The van der Waals surface area contributed by atoms with Gasteiger partial charge in [-0.2, -0.15) is 0 Å². The van der Waals surface area contributed by atoms with Crippen LogP contribution in [0.3, 0.4) is 0 Å². The Morgan fingerprint density at radius 3 is 2.21 bits per heavy atom. The highest BCUT2D eigenvalue weighted by Gasteiger charge is 2.16. The van der Waals surface area contributed by atoms with Crippen LogP contribution in [0.25, 0.3) is 6.08 Å². The van der Waals surface area contributed by atoms with E-state index in [0.29, 0.717) is 23.4 Å². The van der Waals surface area contributed by atoms with Crippen molar-refractivity contribution in [2.45, 2.75) is 11.8 Å². The fourth-order valence-electron chi connectivity index (χ4n) is 3.98. The summed E-state index contributed by atoms with van der Waals surface area (Å²) in [7, 11) is 3.90. The minimum atomic E-state index is -0.469. The molecular weight excluding hydrogens is 546 g/mol. The lowest BCUT2D eigenvalue weighted by atomic mass is 10.1. The van der Waals surface area contributed by atoms with Crippen LogP contribution in [0.1, 0.15) is 33.2 Å². The highest BCUT2D eigenvalue weighted by Crippen LogP contribution is 2.24. The number of carbonyl (C=O) groups excluding carboxylic acids is 3. The molecule has 0 unspecified atom stereocenters. The van der Waals surface area contributed by atoms with E-state index in [-0.39, 0.29) is 23.1 Å². The third-order valence-electron chi connectivity index (χ3n) is 6.20. The van der Waals surface area contributed by atoms with E-state index in [9.17, 15) is 14.4 Å². The average molecular weight is 580 g/mol. The van der Waals surface area contributed by atoms with Gasteiger partial charge in [-0.15, -0.1) is 11.8 Å². The van der Waals surface area contributed by atoms with Crippen molar-refractivity contribution in [3.8, 4) is 5.75 Å². The summed E-state index contributed by atoms with van der Waals surface area (Å²) in [5.41, 5.74) is 3.47. The van der Waals surface area contributed by atoms with Crippen molar-refractivity contribution < 1.29 is 19.1 Å². The first kappa shape index (κ1) is 30.1. The minimum Gasteiger partial charge on any atom is -0.494 e. The Morgan fingerprint density at radius 2 is 1.55 bits per heavy atom. The van der Waals surface area contributed by atoms with Crippen molar-refractivity contribution in [2.24, 2.45) is 0 Å². The zero-order valence-electron chi connectivity index (χ0n) is 23.8. The molecule has 4 aromatic carbocycles. The van der Waals surface area contributed by atoms with E-state index in [1.54, 1.807) is 66.7 Å². The van der Waals surface area contributed by atoms with Crippen molar-refractivity contribution in [1.82, 2.24) is 5.32 Å². The van der Waals surface area contributed by atoms with Gasteiger partial charge in [0.25, 0.3) is 11.8 Å². The number of Topliss-reactive ketones (excluding diaryl/α,β-unsaturated/α-hetero) is 1. The molecule has 0 fully saturated rings. The number of ketones is 1. The zero-order chi connectivity index (χ0) is 29.9. The highest BCUT2D eigenvalue weighted by molar-refractivity contribution is 8.00. The van der Waals surface area contributed by atoms with Crippen molar-refractivity contribution in [2.75, 3.05) is 36.7 Å². The average Bonchev–Trinajstić information content (AvgIpc) is 3.01. The predicted molar refractivity (Wildman–Crippen MR) is 170 cm³/mol. The molecule has 7 nitrogen and oxygen atoms in total. The summed E-state index contributed by atoms with van der Waals surface area (Å²) in [6.07, 6.45) is 1.64. The molecule has 42 heavy (non-hydrogen) atoms. The van der Waals surface area contributed by atoms with E-state index >= 15 is 0 Å². The molecule has 214 valence electrons. The van der Waals surface area contributed by atoms with Crippen molar-refractivity contribution in [1.29, 1.82) is 0 Å². The Hall–Kier alpha value is -4.82. The van der Waals surface area contributed by atoms with Crippen molar-refractivity contribution in [3.63, 3.8) is 0 Å².